The maximum Gasteiger partial charge on any atom is 0.237 e. The van der Waals surface area contributed by atoms with Crippen molar-refractivity contribution in [3.8, 4) is 11.4 Å². The smallest absolute Gasteiger partial charge is 0.237 e. The van der Waals surface area contributed by atoms with Crippen LogP contribution in [0.1, 0.15) is 6.42 Å². The first-order chi connectivity index (χ1) is 14.0. The van der Waals surface area contributed by atoms with Crippen LogP contribution in [0.5, 0.6) is 0 Å². The summed E-state index contributed by atoms with van der Waals surface area (Å²) in [4.78, 5) is 23.0. The first-order valence-electron chi connectivity index (χ1n) is 9.05. The number of benzene rings is 1. The van der Waals surface area contributed by atoms with Crippen LogP contribution >= 0.6 is 11.8 Å². The summed E-state index contributed by atoms with van der Waals surface area (Å²) in [6.07, 6.45) is 3.78. The number of anilines is 1. The van der Waals surface area contributed by atoms with Gasteiger partial charge in [0.1, 0.15) is 0 Å². The molecule has 8 nitrogen and oxygen atoms in total. The Labute approximate surface area is 172 Å². The molecular weight excluding hydrogens is 410 g/mol. The first kappa shape index (κ1) is 19.6. The zero-order chi connectivity index (χ0) is 20.3. The Morgan fingerprint density at radius 3 is 2.62 bits per heavy atom. The Morgan fingerprint density at radius 1 is 1.17 bits per heavy atom. The Bertz CT molecular complexity index is 1090. The maximum atomic E-state index is 13.0. The number of pyridine rings is 1. The van der Waals surface area contributed by atoms with Gasteiger partial charge in [-0.3, -0.25) is 14.9 Å². The maximum absolute atomic E-state index is 13.0. The molecule has 0 spiro atoms. The standard InChI is InChI=1S/C19H19N5O3S2/c25-17(12-28-19-21-18(22-23-19)14-6-9-20-10-7-14)24(15-4-2-1-3-5-15)16-8-11-29(26,27)13-16/h1-7,9-10,16H,8,11-13H2,(H,21,22,23)/t16-/m1/s1. The van der Waals surface area contributed by atoms with E-state index in [9.17, 15) is 13.2 Å². The monoisotopic (exact) mass is 429 g/mol. The molecule has 1 atom stereocenters. The van der Waals surface area contributed by atoms with E-state index in [-0.39, 0.29) is 29.2 Å². The summed E-state index contributed by atoms with van der Waals surface area (Å²) in [5.41, 5.74) is 1.56. The van der Waals surface area contributed by atoms with Crippen LogP contribution < -0.4 is 4.90 Å². The fraction of sp³-hybridized carbons (Fsp3) is 0.263. The van der Waals surface area contributed by atoms with Gasteiger partial charge in [0.05, 0.1) is 23.3 Å². The molecule has 1 aliphatic heterocycles. The summed E-state index contributed by atoms with van der Waals surface area (Å²) in [5, 5.41) is 7.47. The van der Waals surface area contributed by atoms with Crippen LogP contribution in [0.4, 0.5) is 5.69 Å². The van der Waals surface area contributed by atoms with Crippen molar-refractivity contribution < 1.29 is 13.2 Å². The van der Waals surface area contributed by atoms with Crippen LogP contribution in [0.3, 0.4) is 0 Å². The highest BCUT2D eigenvalue weighted by Crippen LogP contribution is 2.26. The Balaban J connectivity index is 1.48. The van der Waals surface area contributed by atoms with E-state index < -0.39 is 9.84 Å². The molecule has 0 aliphatic carbocycles. The molecule has 150 valence electrons. The number of sulfone groups is 1. The van der Waals surface area contributed by atoms with Gasteiger partial charge in [-0.2, -0.15) is 0 Å². The highest BCUT2D eigenvalue weighted by molar-refractivity contribution is 7.99. The number of H-pyrrole nitrogens is 1. The lowest BCUT2D eigenvalue weighted by Gasteiger charge is -2.28. The van der Waals surface area contributed by atoms with E-state index in [1.165, 1.54) is 11.8 Å². The van der Waals surface area contributed by atoms with Gasteiger partial charge in [-0.15, -0.1) is 5.10 Å². The van der Waals surface area contributed by atoms with Crippen molar-refractivity contribution in [2.24, 2.45) is 0 Å². The van der Waals surface area contributed by atoms with Crippen LogP contribution in [0.2, 0.25) is 0 Å². The molecule has 1 aromatic carbocycles. The number of hydrogen-bond acceptors (Lipinski definition) is 7. The van der Waals surface area contributed by atoms with Crippen molar-refractivity contribution in [2.45, 2.75) is 17.6 Å². The minimum Gasteiger partial charge on any atom is -0.308 e. The second kappa shape index (κ2) is 8.34. The van der Waals surface area contributed by atoms with Crippen LogP contribution in [-0.2, 0) is 14.6 Å². The number of carbonyl (C=O) groups is 1. The normalized spacial score (nSPS) is 17.9. The van der Waals surface area contributed by atoms with Crippen LogP contribution in [0.25, 0.3) is 11.4 Å². The average Bonchev–Trinajstić information content (AvgIpc) is 3.34. The average molecular weight is 430 g/mol. The first-order valence-corrected chi connectivity index (χ1v) is 11.9. The Hall–Kier alpha value is -2.72. The van der Waals surface area contributed by atoms with Crippen molar-refractivity contribution >= 4 is 33.2 Å². The molecule has 3 heterocycles. The van der Waals surface area contributed by atoms with Gasteiger partial charge < -0.3 is 4.90 Å². The largest absolute Gasteiger partial charge is 0.308 e. The molecule has 4 rings (SSSR count). The Kier molecular flexibility index (Phi) is 5.63. The molecule has 0 bridgehead atoms. The number of carbonyl (C=O) groups excluding carboxylic acids is 1. The number of para-hydroxylation sites is 1. The second-order valence-electron chi connectivity index (χ2n) is 6.65. The van der Waals surface area contributed by atoms with E-state index in [1.807, 2.05) is 42.5 Å². The molecule has 29 heavy (non-hydrogen) atoms. The van der Waals surface area contributed by atoms with E-state index >= 15 is 0 Å². The number of rotatable bonds is 6. The highest BCUT2D eigenvalue weighted by Gasteiger charge is 2.35. The quantitative estimate of drug-likeness (QED) is 0.598. The lowest BCUT2D eigenvalue weighted by atomic mass is 10.2. The highest BCUT2D eigenvalue weighted by atomic mass is 32.2. The van der Waals surface area contributed by atoms with E-state index in [0.29, 0.717) is 23.1 Å². The molecule has 1 fully saturated rings. The minimum absolute atomic E-state index is 0.00878. The van der Waals surface area contributed by atoms with E-state index in [0.717, 1.165) is 5.56 Å². The van der Waals surface area contributed by atoms with Gasteiger partial charge in [-0.25, -0.2) is 13.4 Å². The third kappa shape index (κ3) is 4.65. The lowest BCUT2D eigenvalue weighted by Crippen LogP contribution is -2.42. The third-order valence-electron chi connectivity index (χ3n) is 4.62. The molecule has 2 aromatic heterocycles. The molecular formula is C19H19N5O3S2. The lowest BCUT2D eigenvalue weighted by molar-refractivity contribution is -0.116. The van der Waals surface area contributed by atoms with Crippen molar-refractivity contribution in [2.75, 3.05) is 22.2 Å². The molecule has 0 radical (unpaired) electrons. The number of nitrogens with zero attached hydrogens (tertiary/aromatic N) is 4. The molecule has 1 aliphatic rings. The summed E-state index contributed by atoms with van der Waals surface area (Å²) in [6.45, 7) is 0. The van der Waals surface area contributed by atoms with Crippen molar-refractivity contribution in [1.82, 2.24) is 20.2 Å². The van der Waals surface area contributed by atoms with Gasteiger partial charge in [0, 0.05) is 23.6 Å². The van der Waals surface area contributed by atoms with Crippen molar-refractivity contribution in [3.63, 3.8) is 0 Å². The number of nitrogens with one attached hydrogen (secondary N) is 1. The van der Waals surface area contributed by atoms with Crippen molar-refractivity contribution in [1.29, 1.82) is 0 Å². The van der Waals surface area contributed by atoms with E-state index in [4.69, 9.17) is 0 Å². The summed E-state index contributed by atoms with van der Waals surface area (Å²) < 4.78 is 23.9. The molecule has 1 N–H and O–H groups in total. The van der Waals surface area contributed by atoms with Gasteiger partial charge in [0.2, 0.25) is 11.1 Å². The number of amides is 1. The molecule has 0 unspecified atom stereocenters. The van der Waals surface area contributed by atoms with Gasteiger partial charge in [0.15, 0.2) is 15.7 Å². The van der Waals surface area contributed by atoms with Crippen molar-refractivity contribution in [3.05, 3.63) is 54.9 Å². The summed E-state index contributed by atoms with van der Waals surface area (Å²) in [5.74, 6) is 0.643. The summed E-state index contributed by atoms with van der Waals surface area (Å²) in [6, 6.07) is 12.5. The second-order valence-corrected chi connectivity index (χ2v) is 9.82. The zero-order valence-corrected chi connectivity index (χ0v) is 17.1. The fourth-order valence-corrected chi connectivity index (χ4v) is 5.63. The molecule has 0 saturated carbocycles. The van der Waals surface area contributed by atoms with Gasteiger partial charge in [-0.1, -0.05) is 30.0 Å². The zero-order valence-electron chi connectivity index (χ0n) is 15.4. The predicted molar refractivity (Wildman–Crippen MR) is 111 cm³/mol. The molecule has 1 saturated heterocycles. The molecule has 1 amide bonds. The van der Waals surface area contributed by atoms with E-state index in [2.05, 4.69) is 20.2 Å². The van der Waals surface area contributed by atoms with E-state index in [1.54, 1.807) is 17.3 Å². The number of aromatic amines is 1. The topological polar surface area (TPSA) is 109 Å². The van der Waals surface area contributed by atoms with Gasteiger partial charge in [0.25, 0.3) is 0 Å². The Morgan fingerprint density at radius 2 is 1.93 bits per heavy atom. The number of thioether (sulfide) groups is 1. The SMILES string of the molecule is O=C(CSc1n[nH]c(-c2ccncc2)n1)N(c1ccccc1)[C@@H]1CCS(=O)(=O)C1. The predicted octanol–water partition coefficient (Wildman–Crippen LogP) is 2.18. The summed E-state index contributed by atoms with van der Waals surface area (Å²) in [7, 11) is -3.11. The minimum atomic E-state index is -3.11. The van der Waals surface area contributed by atoms with Crippen LogP contribution in [0, 0.1) is 0 Å². The van der Waals surface area contributed by atoms with Crippen LogP contribution in [-0.4, -0.2) is 57.8 Å². The van der Waals surface area contributed by atoms with Gasteiger partial charge in [-0.05, 0) is 30.7 Å². The van der Waals surface area contributed by atoms with Crippen LogP contribution in [0.15, 0.2) is 60.0 Å². The molecule has 3 aromatic rings. The van der Waals surface area contributed by atoms with Gasteiger partial charge >= 0.3 is 0 Å². The number of hydrogen-bond donors (Lipinski definition) is 1. The molecule has 10 heteroatoms. The fourth-order valence-electron chi connectivity index (χ4n) is 3.27. The summed E-state index contributed by atoms with van der Waals surface area (Å²) >= 11 is 1.22. The number of aromatic nitrogens is 4. The third-order valence-corrected chi connectivity index (χ3v) is 7.20.